The topological polar surface area (TPSA) is 12.5 Å². The van der Waals surface area contributed by atoms with E-state index in [-0.39, 0.29) is 5.60 Å². The molecule has 0 saturated carbocycles. The van der Waals surface area contributed by atoms with E-state index in [1.807, 2.05) is 0 Å². The Hall–Kier alpha value is -0.350. The highest BCUT2D eigenvalue weighted by Crippen LogP contribution is 2.40. The molecule has 0 spiro atoms. The van der Waals surface area contributed by atoms with Crippen LogP contribution in [0.4, 0.5) is 0 Å². The molecule has 3 heteroatoms. The van der Waals surface area contributed by atoms with Crippen molar-refractivity contribution in [2.45, 2.75) is 218 Å². The van der Waals surface area contributed by atoms with Gasteiger partial charge in [0.2, 0.25) is 0 Å². The minimum atomic E-state index is 0.184. The molecule has 1 rings (SSSR count). The molecule has 1 heterocycles. The first kappa shape index (κ1) is 42.7. The highest BCUT2D eigenvalue weighted by Gasteiger charge is 2.38. The lowest BCUT2D eigenvalue weighted by atomic mass is 9.87. The highest BCUT2D eigenvalue weighted by molar-refractivity contribution is 7.16. The minimum absolute atomic E-state index is 0.184. The van der Waals surface area contributed by atoms with Crippen LogP contribution in [0.5, 0.6) is 0 Å². The molecule has 0 N–H and O–H groups in total. The van der Waals surface area contributed by atoms with E-state index in [2.05, 4.69) is 59.2 Å². The van der Waals surface area contributed by atoms with Gasteiger partial charge in [0, 0.05) is 12.8 Å². The highest BCUT2D eigenvalue weighted by atomic mass is 31.0. The monoisotopic (exact) mass is 646 g/mol. The molecule has 1 aliphatic heterocycles. The number of nitrogens with zero attached hydrogens (tertiary/aromatic N) is 1. The van der Waals surface area contributed by atoms with Crippen LogP contribution in [0.1, 0.15) is 206 Å². The van der Waals surface area contributed by atoms with Crippen molar-refractivity contribution in [2.24, 2.45) is 0 Å². The maximum atomic E-state index is 6.92. The molecule has 264 valence electrons. The molecule has 1 fully saturated rings. The standard InChI is InChI=1S/C42H80NOP/c1-4-5-6-7-8-9-10-11-12-15-18-21-24-27-30-36-42(38-35-41(44-42)34-33-39-43(2)3)37-31-28-25-22-19-16-13-14-17-20-23-26-29-32-40-45/h11-12,41H,4-10,15-40,45H2,1-3H3/b12-11-. The molecular weight excluding hydrogens is 565 g/mol. The summed E-state index contributed by atoms with van der Waals surface area (Å²) in [5.41, 5.74) is 0.184. The van der Waals surface area contributed by atoms with Gasteiger partial charge in [-0.3, -0.25) is 0 Å². The zero-order valence-electron chi connectivity index (χ0n) is 31.0. The van der Waals surface area contributed by atoms with Crippen molar-refractivity contribution in [3.8, 4) is 11.8 Å². The van der Waals surface area contributed by atoms with Gasteiger partial charge in [0.05, 0.1) is 11.7 Å². The summed E-state index contributed by atoms with van der Waals surface area (Å²) in [5, 5.41) is 0. The molecule has 0 aliphatic carbocycles. The number of ether oxygens (including phenoxy) is 1. The molecule has 0 radical (unpaired) electrons. The summed E-state index contributed by atoms with van der Waals surface area (Å²) in [6, 6.07) is 0. The summed E-state index contributed by atoms with van der Waals surface area (Å²) in [7, 11) is 7.21. The van der Waals surface area contributed by atoms with E-state index in [1.165, 1.54) is 199 Å². The number of hydrogen-bond donors (Lipinski definition) is 0. The Bertz CT molecular complexity index is 709. The molecule has 0 aromatic rings. The fraction of sp³-hybridized carbons (Fsp3) is 0.905. The normalized spacial score (nSPS) is 18.3. The van der Waals surface area contributed by atoms with Crippen LogP contribution < -0.4 is 0 Å². The SMILES string of the molecule is CCCCCCCC/C=C\CCCCCCCC1(CCCCCCCC#CCCCCCCCP)CCC(CCCN(C)C)O1. The zero-order chi connectivity index (χ0) is 32.5. The van der Waals surface area contributed by atoms with E-state index in [4.69, 9.17) is 4.74 Å². The Morgan fingerprint density at radius 1 is 0.644 bits per heavy atom. The van der Waals surface area contributed by atoms with Gasteiger partial charge in [0.15, 0.2) is 0 Å². The second-order valence-electron chi connectivity index (χ2n) is 14.7. The second kappa shape index (κ2) is 32.2. The summed E-state index contributed by atoms with van der Waals surface area (Å²) in [6.07, 6.45) is 47.9. The van der Waals surface area contributed by atoms with Gasteiger partial charge in [-0.1, -0.05) is 122 Å². The Labute approximate surface area is 286 Å². The van der Waals surface area contributed by atoms with Crippen molar-refractivity contribution in [1.29, 1.82) is 0 Å². The number of hydrogen-bond acceptors (Lipinski definition) is 2. The first-order valence-corrected chi connectivity index (χ1v) is 21.1. The molecular formula is C42H80NOP. The Morgan fingerprint density at radius 2 is 1.13 bits per heavy atom. The first-order valence-electron chi connectivity index (χ1n) is 20.2. The van der Waals surface area contributed by atoms with Crippen molar-refractivity contribution in [3.05, 3.63) is 12.2 Å². The Kier molecular flexibility index (Phi) is 30.5. The summed E-state index contributed by atoms with van der Waals surface area (Å²) < 4.78 is 6.92. The molecule has 0 aromatic carbocycles. The quantitative estimate of drug-likeness (QED) is 0.0312. The van der Waals surface area contributed by atoms with Crippen LogP contribution >= 0.6 is 9.24 Å². The van der Waals surface area contributed by atoms with Gasteiger partial charge in [-0.25, -0.2) is 0 Å². The van der Waals surface area contributed by atoms with Crippen LogP contribution in [-0.4, -0.2) is 43.4 Å². The van der Waals surface area contributed by atoms with Gasteiger partial charge >= 0.3 is 0 Å². The zero-order valence-corrected chi connectivity index (χ0v) is 32.2. The van der Waals surface area contributed by atoms with Crippen molar-refractivity contribution in [2.75, 3.05) is 26.8 Å². The maximum absolute atomic E-state index is 6.92. The molecule has 2 nitrogen and oxygen atoms in total. The predicted molar refractivity (Wildman–Crippen MR) is 206 cm³/mol. The number of unbranched alkanes of at least 4 members (excludes halogenated alkanes) is 21. The van der Waals surface area contributed by atoms with Crippen LogP contribution in [0.3, 0.4) is 0 Å². The third-order valence-corrected chi connectivity index (χ3v) is 10.3. The van der Waals surface area contributed by atoms with Crippen molar-refractivity contribution in [3.63, 3.8) is 0 Å². The average molecular weight is 646 g/mol. The lowest BCUT2D eigenvalue weighted by Gasteiger charge is -2.30. The Morgan fingerprint density at radius 3 is 1.67 bits per heavy atom. The van der Waals surface area contributed by atoms with Crippen molar-refractivity contribution >= 4 is 9.24 Å². The molecule has 45 heavy (non-hydrogen) atoms. The molecule has 0 amide bonds. The van der Waals surface area contributed by atoms with E-state index in [0.29, 0.717) is 6.10 Å². The smallest absolute Gasteiger partial charge is 0.0687 e. The van der Waals surface area contributed by atoms with Gasteiger partial charge in [-0.15, -0.1) is 21.1 Å². The van der Waals surface area contributed by atoms with E-state index in [9.17, 15) is 0 Å². The van der Waals surface area contributed by atoms with Crippen LogP contribution in [-0.2, 0) is 4.74 Å². The lowest BCUT2D eigenvalue weighted by Crippen LogP contribution is -2.29. The third kappa shape index (κ3) is 27.3. The van der Waals surface area contributed by atoms with Crippen molar-refractivity contribution < 1.29 is 4.74 Å². The summed E-state index contributed by atoms with van der Waals surface area (Å²) in [4.78, 5) is 2.31. The minimum Gasteiger partial charge on any atom is -0.372 e. The largest absolute Gasteiger partial charge is 0.372 e. The maximum Gasteiger partial charge on any atom is 0.0687 e. The predicted octanol–water partition coefficient (Wildman–Crippen LogP) is 13.2. The molecule has 0 bridgehead atoms. The van der Waals surface area contributed by atoms with Crippen LogP contribution in [0, 0.1) is 11.8 Å². The molecule has 1 saturated heterocycles. The average Bonchev–Trinajstić information content (AvgIpc) is 3.43. The number of rotatable bonds is 32. The van der Waals surface area contributed by atoms with Gasteiger partial charge < -0.3 is 9.64 Å². The van der Waals surface area contributed by atoms with Gasteiger partial charge in [-0.05, 0) is 110 Å². The van der Waals surface area contributed by atoms with Crippen LogP contribution in [0.2, 0.25) is 0 Å². The van der Waals surface area contributed by atoms with E-state index in [0.717, 1.165) is 12.8 Å². The van der Waals surface area contributed by atoms with Gasteiger partial charge in [-0.2, -0.15) is 0 Å². The summed E-state index contributed by atoms with van der Waals surface area (Å²) in [6.45, 7) is 3.48. The molecule has 1 aliphatic rings. The van der Waals surface area contributed by atoms with E-state index in [1.54, 1.807) is 0 Å². The summed E-state index contributed by atoms with van der Waals surface area (Å²) in [5.74, 6) is 6.86. The molecule has 0 aromatic heterocycles. The Balaban J connectivity index is 2.19. The number of allylic oxidation sites excluding steroid dienone is 2. The molecule has 3 unspecified atom stereocenters. The fourth-order valence-electron chi connectivity index (χ4n) is 7.00. The van der Waals surface area contributed by atoms with Gasteiger partial charge in [0.1, 0.15) is 0 Å². The van der Waals surface area contributed by atoms with E-state index < -0.39 is 0 Å². The van der Waals surface area contributed by atoms with Crippen molar-refractivity contribution in [1.82, 2.24) is 4.90 Å². The molecule has 3 atom stereocenters. The van der Waals surface area contributed by atoms with Crippen LogP contribution in [0.15, 0.2) is 12.2 Å². The lowest BCUT2D eigenvalue weighted by molar-refractivity contribution is -0.0579. The fourth-order valence-corrected chi connectivity index (χ4v) is 7.29. The summed E-state index contributed by atoms with van der Waals surface area (Å²) >= 11 is 0. The second-order valence-corrected chi connectivity index (χ2v) is 15.2. The first-order chi connectivity index (χ1) is 22.1. The van der Waals surface area contributed by atoms with E-state index >= 15 is 0 Å². The third-order valence-electron chi connectivity index (χ3n) is 9.93. The van der Waals surface area contributed by atoms with Crippen LogP contribution in [0.25, 0.3) is 0 Å². The van der Waals surface area contributed by atoms with Gasteiger partial charge in [0.25, 0.3) is 0 Å².